The van der Waals surface area contributed by atoms with E-state index < -0.39 is 0 Å². The maximum absolute atomic E-state index is 11.8. The molecule has 0 unspecified atom stereocenters. The van der Waals surface area contributed by atoms with Gasteiger partial charge in [-0.15, -0.1) is 0 Å². The summed E-state index contributed by atoms with van der Waals surface area (Å²) in [4.78, 5) is 19.5. The Morgan fingerprint density at radius 1 is 1.31 bits per heavy atom. The van der Waals surface area contributed by atoms with Crippen LogP contribution in [0.2, 0.25) is 0 Å². The number of amides is 1. The highest BCUT2D eigenvalue weighted by molar-refractivity contribution is 5.92. The van der Waals surface area contributed by atoms with Crippen LogP contribution in [0.25, 0.3) is 0 Å². The van der Waals surface area contributed by atoms with Crippen LogP contribution in [0.1, 0.15) is 42.6 Å². The van der Waals surface area contributed by atoms with Gasteiger partial charge in [0.15, 0.2) is 0 Å². The number of carbonyl (C=O) groups is 1. The number of aromatic nitrogens is 2. The lowest BCUT2D eigenvalue weighted by atomic mass is 9.95. The molecule has 0 saturated heterocycles. The van der Waals surface area contributed by atoms with Crippen molar-refractivity contribution in [3.8, 4) is 0 Å². The molecular weight excluding hydrogens is 204 g/mol. The Balaban J connectivity index is 1.97. The predicted octanol–water partition coefficient (Wildman–Crippen LogP) is 1.12. The molecule has 0 aromatic carbocycles. The monoisotopic (exact) mass is 220 g/mol. The lowest BCUT2D eigenvalue weighted by Gasteiger charge is -2.22. The van der Waals surface area contributed by atoms with E-state index in [1.54, 1.807) is 0 Å². The molecular formula is C11H16N4O. The molecule has 1 aliphatic carbocycles. The van der Waals surface area contributed by atoms with Crippen LogP contribution < -0.4 is 11.1 Å². The second kappa shape index (κ2) is 4.92. The van der Waals surface area contributed by atoms with Crippen molar-refractivity contribution in [2.24, 2.45) is 0 Å². The summed E-state index contributed by atoms with van der Waals surface area (Å²) in [6, 6.07) is 1.79. The van der Waals surface area contributed by atoms with Gasteiger partial charge in [0.1, 0.15) is 17.8 Å². The Bertz CT molecular complexity index is 374. The molecule has 1 aromatic rings. The first-order chi connectivity index (χ1) is 7.75. The lowest BCUT2D eigenvalue weighted by Crippen LogP contribution is -2.36. The number of nitrogen functional groups attached to an aromatic ring is 1. The molecule has 1 aromatic heterocycles. The van der Waals surface area contributed by atoms with Crippen molar-refractivity contribution < 1.29 is 4.79 Å². The molecule has 5 nitrogen and oxygen atoms in total. The van der Waals surface area contributed by atoms with Gasteiger partial charge in [-0.1, -0.05) is 19.3 Å². The minimum absolute atomic E-state index is 0.152. The molecule has 0 atom stereocenters. The van der Waals surface area contributed by atoms with Crippen molar-refractivity contribution in [2.75, 3.05) is 5.73 Å². The number of nitrogens with one attached hydrogen (secondary N) is 1. The van der Waals surface area contributed by atoms with E-state index in [9.17, 15) is 4.79 Å². The third-order valence-corrected chi connectivity index (χ3v) is 2.86. The molecule has 1 fully saturated rings. The highest BCUT2D eigenvalue weighted by Crippen LogP contribution is 2.17. The summed E-state index contributed by atoms with van der Waals surface area (Å²) in [7, 11) is 0. The summed E-state index contributed by atoms with van der Waals surface area (Å²) in [6.45, 7) is 0. The van der Waals surface area contributed by atoms with E-state index >= 15 is 0 Å². The van der Waals surface area contributed by atoms with Crippen LogP contribution in [-0.4, -0.2) is 21.9 Å². The van der Waals surface area contributed by atoms with Crippen molar-refractivity contribution >= 4 is 11.7 Å². The van der Waals surface area contributed by atoms with Gasteiger partial charge in [0.2, 0.25) is 0 Å². The van der Waals surface area contributed by atoms with Crippen LogP contribution in [0.3, 0.4) is 0 Å². The normalized spacial score (nSPS) is 17.0. The average Bonchev–Trinajstić information content (AvgIpc) is 2.30. The number of nitrogens with two attached hydrogens (primary N) is 1. The van der Waals surface area contributed by atoms with Gasteiger partial charge in [-0.05, 0) is 12.8 Å². The summed E-state index contributed by atoms with van der Waals surface area (Å²) >= 11 is 0. The van der Waals surface area contributed by atoms with Gasteiger partial charge in [-0.2, -0.15) is 0 Å². The first-order valence-electron chi connectivity index (χ1n) is 5.64. The fourth-order valence-corrected chi connectivity index (χ4v) is 2.00. The second-order valence-corrected chi connectivity index (χ2v) is 4.14. The van der Waals surface area contributed by atoms with E-state index in [1.165, 1.54) is 31.7 Å². The van der Waals surface area contributed by atoms with E-state index in [0.29, 0.717) is 11.5 Å². The lowest BCUT2D eigenvalue weighted by molar-refractivity contribution is 0.0922. The van der Waals surface area contributed by atoms with Crippen molar-refractivity contribution in [3.05, 3.63) is 18.1 Å². The number of hydrogen-bond acceptors (Lipinski definition) is 4. The first-order valence-corrected chi connectivity index (χ1v) is 5.64. The summed E-state index contributed by atoms with van der Waals surface area (Å²) < 4.78 is 0. The zero-order chi connectivity index (χ0) is 11.4. The summed E-state index contributed by atoms with van der Waals surface area (Å²) in [5.74, 6) is 0.171. The number of nitrogens with zero attached hydrogens (tertiary/aromatic N) is 2. The fourth-order valence-electron chi connectivity index (χ4n) is 2.00. The average molecular weight is 220 g/mol. The molecule has 3 N–H and O–H groups in total. The molecule has 0 aliphatic heterocycles. The zero-order valence-electron chi connectivity index (χ0n) is 9.15. The topological polar surface area (TPSA) is 80.9 Å². The van der Waals surface area contributed by atoms with Crippen molar-refractivity contribution in [1.82, 2.24) is 15.3 Å². The highest BCUT2D eigenvalue weighted by atomic mass is 16.1. The largest absolute Gasteiger partial charge is 0.384 e. The molecule has 2 rings (SSSR count). The van der Waals surface area contributed by atoms with Gasteiger partial charge >= 0.3 is 0 Å². The van der Waals surface area contributed by atoms with Crippen molar-refractivity contribution in [3.63, 3.8) is 0 Å². The van der Waals surface area contributed by atoms with Gasteiger partial charge in [-0.25, -0.2) is 9.97 Å². The van der Waals surface area contributed by atoms with Crippen LogP contribution in [0.4, 0.5) is 5.82 Å². The molecule has 0 bridgehead atoms. The standard InChI is InChI=1S/C11H16N4O/c12-10-6-9(13-7-14-10)11(16)15-8-4-2-1-3-5-8/h6-8H,1-5H2,(H,15,16)(H2,12,13,14). The second-order valence-electron chi connectivity index (χ2n) is 4.14. The van der Waals surface area contributed by atoms with Gasteiger partial charge in [-0.3, -0.25) is 4.79 Å². The number of hydrogen-bond donors (Lipinski definition) is 2. The fraction of sp³-hybridized carbons (Fsp3) is 0.545. The van der Waals surface area contributed by atoms with E-state index in [0.717, 1.165) is 12.8 Å². The summed E-state index contributed by atoms with van der Waals surface area (Å²) in [5, 5.41) is 2.98. The smallest absolute Gasteiger partial charge is 0.270 e. The quantitative estimate of drug-likeness (QED) is 0.782. The van der Waals surface area contributed by atoms with Gasteiger partial charge in [0, 0.05) is 12.1 Å². The summed E-state index contributed by atoms with van der Waals surface area (Å²) in [6.07, 6.45) is 7.09. The molecule has 0 spiro atoms. The van der Waals surface area contributed by atoms with Crippen LogP contribution in [0.15, 0.2) is 12.4 Å². The molecule has 1 saturated carbocycles. The summed E-state index contributed by atoms with van der Waals surface area (Å²) in [5.41, 5.74) is 5.84. The van der Waals surface area contributed by atoms with Gasteiger partial charge < -0.3 is 11.1 Å². The maximum Gasteiger partial charge on any atom is 0.270 e. The Hall–Kier alpha value is -1.65. The third kappa shape index (κ3) is 2.68. The minimum atomic E-state index is -0.152. The highest BCUT2D eigenvalue weighted by Gasteiger charge is 2.17. The Morgan fingerprint density at radius 2 is 2.06 bits per heavy atom. The Labute approximate surface area is 94.5 Å². The molecule has 5 heteroatoms. The molecule has 0 radical (unpaired) electrons. The van der Waals surface area contributed by atoms with E-state index in [-0.39, 0.29) is 11.9 Å². The third-order valence-electron chi connectivity index (χ3n) is 2.86. The van der Waals surface area contributed by atoms with Crippen LogP contribution in [0, 0.1) is 0 Å². The number of rotatable bonds is 2. The molecule has 1 amide bonds. The number of carbonyl (C=O) groups excluding carboxylic acids is 1. The zero-order valence-corrected chi connectivity index (χ0v) is 9.15. The van der Waals surface area contributed by atoms with Crippen molar-refractivity contribution in [1.29, 1.82) is 0 Å². The van der Waals surface area contributed by atoms with Crippen LogP contribution in [-0.2, 0) is 0 Å². The molecule has 16 heavy (non-hydrogen) atoms. The molecule has 86 valence electrons. The maximum atomic E-state index is 11.8. The van der Waals surface area contributed by atoms with Crippen molar-refractivity contribution in [2.45, 2.75) is 38.1 Å². The Kier molecular flexibility index (Phi) is 3.34. The minimum Gasteiger partial charge on any atom is -0.384 e. The van der Waals surface area contributed by atoms with Crippen LogP contribution in [0.5, 0.6) is 0 Å². The SMILES string of the molecule is Nc1cc(C(=O)NC2CCCCC2)ncn1. The molecule has 1 aliphatic rings. The van der Waals surface area contributed by atoms with E-state index in [4.69, 9.17) is 5.73 Å². The van der Waals surface area contributed by atoms with E-state index in [2.05, 4.69) is 15.3 Å². The first kappa shape index (κ1) is 10.9. The van der Waals surface area contributed by atoms with Crippen LogP contribution >= 0.6 is 0 Å². The molecule has 1 heterocycles. The van der Waals surface area contributed by atoms with Gasteiger partial charge in [0.25, 0.3) is 5.91 Å². The predicted molar refractivity (Wildman–Crippen MR) is 60.8 cm³/mol. The number of anilines is 1. The Morgan fingerprint density at radius 3 is 2.75 bits per heavy atom. The van der Waals surface area contributed by atoms with E-state index in [1.807, 2.05) is 0 Å². The van der Waals surface area contributed by atoms with Gasteiger partial charge in [0.05, 0.1) is 0 Å².